The van der Waals surface area contributed by atoms with Crippen LogP contribution in [0.25, 0.3) is 0 Å². The number of nitrogens with zero attached hydrogens (tertiary/aromatic N) is 1. The molecule has 0 aliphatic heterocycles. The van der Waals surface area contributed by atoms with E-state index in [1.54, 1.807) is 14.0 Å². The van der Waals surface area contributed by atoms with Crippen LogP contribution in [0.3, 0.4) is 0 Å². The summed E-state index contributed by atoms with van der Waals surface area (Å²) < 4.78 is 27.7. The fourth-order valence-corrected chi connectivity index (χ4v) is 6.56. The van der Waals surface area contributed by atoms with Crippen molar-refractivity contribution in [2.75, 3.05) is 7.05 Å². The van der Waals surface area contributed by atoms with Crippen molar-refractivity contribution in [3.63, 3.8) is 0 Å². The Kier molecular flexibility index (Phi) is 5.31. The van der Waals surface area contributed by atoms with Crippen LogP contribution in [0.1, 0.15) is 15.3 Å². The molecule has 2 rings (SSSR count). The number of halogens is 2. The number of hydrogen-bond donors (Lipinski definition) is 0. The summed E-state index contributed by atoms with van der Waals surface area (Å²) in [6, 6.07) is 1.93. The minimum atomic E-state index is -3.51. The van der Waals surface area contributed by atoms with Crippen molar-refractivity contribution in [2.45, 2.75) is 24.2 Å². The van der Waals surface area contributed by atoms with Gasteiger partial charge >= 0.3 is 0 Å². The summed E-state index contributed by atoms with van der Waals surface area (Å²) >= 11 is 12.1. The predicted octanol–water partition coefficient (Wildman–Crippen LogP) is 4.44. The Morgan fingerprint density at radius 3 is 2.60 bits per heavy atom. The molecule has 0 saturated carbocycles. The molecule has 0 amide bonds. The molecule has 0 fully saturated rings. The van der Waals surface area contributed by atoms with Crippen molar-refractivity contribution in [3.8, 4) is 0 Å². The van der Waals surface area contributed by atoms with E-state index in [0.29, 0.717) is 16.3 Å². The summed E-state index contributed by atoms with van der Waals surface area (Å²) in [5, 5.41) is 3.77. The SMILES string of the molecule is Cc1csc(CCl)c1S(=O)(=O)N(C)Cc1cc(Br)cs1. The second kappa shape index (κ2) is 6.46. The molecule has 0 saturated heterocycles. The topological polar surface area (TPSA) is 37.4 Å². The maximum Gasteiger partial charge on any atom is 0.244 e. The van der Waals surface area contributed by atoms with E-state index in [4.69, 9.17) is 11.6 Å². The monoisotopic (exact) mass is 413 g/mol. The molecule has 8 heteroatoms. The van der Waals surface area contributed by atoms with Gasteiger partial charge in [0.1, 0.15) is 4.90 Å². The highest BCUT2D eigenvalue weighted by Crippen LogP contribution is 2.31. The first kappa shape index (κ1) is 16.5. The summed E-state index contributed by atoms with van der Waals surface area (Å²) in [6.45, 7) is 2.16. The number of thiophene rings is 2. The van der Waals surface area contributed by atoms with Gasteiger partial charge in [0.15, 0.2) is 0 Å². The quantitative estimate of drug-likeness (QED) is 0.678. The molecule has 0 bridgehead atoms. The third-order valence-corrected chi connectivity index (χ3v) is 8.15. The Balaban J connectivity index is 2.32. The van der Waals surface area contributed by atoms with E-state index >= 15 is 0 Å². The van der Waals surface area contributed by atoms with Crippen molar-refractivity contribution in [1.82, 2.24) is 4.31 Å². The average Bonchev–Trinajstić information content (AvgIpc) is 2.95. The number of alkyl halides is 1. The third kappa shape index (κ3) is 3.28. The van der Waals surface area contributed by atoms with Gasteiger partial charge in [0.2, 0.25) is 10.0 Å². The first-order valence-electron chi connectivity index (χ1n) is 5.68. The number of hydrogen-bond acceptors (Lipinski definition) is 4. The standard InChI is InChI=1S/C12H13BrClNO2S3/c1-8-6-19-11(4-14)12(8)20(16,17)15(2)5-10-3-9(13)7-18-10/h3,6-7H,4-5H2,1-2H3. The fraction of sp³-hybridized carbons (Fsp3) is 0.333. The van der Waals surface area contributed by atoms with Crippen molar-refractivity contribution in [2.24, 2.45) is 0 Å². The van der Waals surface area contributed by atoms with E-state index in [1.165, 1.54) is 27.0 Å². The van der Waals surface area contributed by atoms with E-state index < -0.39 is 10.0 Å². The lowest BCUT2D eigenvalue weighted by atomic mass is 10.3. The maximum atomic E-state index is 12.7. The van der Waals surface area contributed by atoms with E-state index in [1.807, 2.05) is 16.8 Å². The van der Waals surface area contributed by atoms with Crippen LogP contribution in [0.15, 0.2) is 26.2 Å². The van der Waals surface area contributed by atoms with Gasteiger partial charge in [-0.15, -0.1) is 34.3 Å². The molecule has 0 N–H and O–H groups in total. The molecule has 0 aliphatic rings. The summed E-state index contributed by atoms with van der Waals surface area (Å²) in [6.07, 6.45) is 0. The lowest BCUT2D eigenvalue weighted by molar-refractivity contribution is 0.469. The molecule has 0 spiro atoms. The van der Waals surface area contributed by atoms with Crippen LogP contribution < -0.4 is 0 Å². The van der Waals surface area contributed by atoms with E-state index in [9.17, 15) is 8.42 Å². The predicted molar refractivity (Wildman–Crippen MR) is 89.3 cm³/mol. The molecular formula is C12H13BrClNO2S3. The summed E-state index contributed by atoms with van der Waals surface area (Å²) in [5.41, 5.74) is 0.755. The van der Waals surface area contributed by atoms with Gasteiger partial charge in [-0.2, -0.15) is 4.31 Å². The van der Waals surface area contributed by atoms with E-state index in [-0.39, 0.29) is 5.88 Å². The second-order valence-corrected chi connectivity index (χ2v) is 9.42. The van der Waals surface area contributed by atoms with Gasteiger partial charge in [0, 0.05) is 33.2 Å². The van der Waals surface area contributed by atoms with Gasteiger partial charge in [-0.25, -0.2) is 8.42 Å². The highest BCUT2D eigenvalue weighted by atomic mass is 79.9. The molecule has 3 nitrogen and oxygen atoms in total. The summed E-state index contributed by atoms with van der Waals surface area (Å²) in [4.78, 5) is 2.04. The second-order valence-electron chi connectivity index (χ2n) is 4.30. The molecule has 2 aromatic heterocycles. The van der Waals surface area contributed by atoms with E-state index in [2.05, 4.69) is 15.9 Å². The lowest BCUT2D eigenvalue weighted by Gasteiger charge is -2.17. The third-order valence-electron chi connectivity index (χ3n) is 2.78. The molecule has 0 radical (unpaired) electrons. The van der Waals surface area contributed by atoms with Crippen molar-refractivity contribution in [1.29, 1.82) is 0 Å². The number of aryl methyl sites for hydroxylation is 1. The van der Waals surface area contributed by atoms with Gasteiger partial charge in [0.05, 0.1) is 5.88 Å². The Hall–Kier alpha value is 0.0800. The molecule has 110 valence electrons. The van der Waals surface area contributed by atoms with Gasteiger partial charge in [0.25, 0.3) is 0 Å². The number of sulfonamides is 1. The minimum Gasteiger partial charge on any atom is -0.207 e. The van der Waals surface area contributed by atoms with Crippen LogP contribution in [0.4, 0.5) is 0 Å². The zero-order chi connectivity index (χ0) is 14.9. The van der Waals surface area contributed by atoms with E-state index in [0.717, 1.165) is 14.9 Å². The van der Waals surface area contributed by atoms with Crippen molar-refractivity contribution in [3.05, 3.63) is 36.6 Å². The number of rotatable bonds is 5. The van der Waals surface area contributed by atoms with Crippen LogP contribution >= 0.6 is 50.2 Å². The molecule has 0 aliphatic carbocycles. The van der Waals surface area contributed by atoms with Gasteiger partial charge in [-0.05, 0) is 39.9 Å². The molecule has 20 heavy (non-hydrogen) atoms. The zero-order valence-corrected chi connectivity index (χ0v) is 15.7. The zero-order valence-electron chi connectivity index (χ0n) is 10.9. The Labute approximate surface area is 140 Å². The lowest BCUT2D eigenvalue weighted by Crippen LogP contribution is -2.27. The summed E-state index contributed by atoms with van der Waals surface area (Å²) in [7, 11) is -1.91. The summed E-state index contributed by atoms with van der Waals surface area (Å²) in [5.74, 6) is 0.214. The first-order chi connectivity index (χ1) is 9.36. The average molecular weight is 415 g/mol. The van der Waals surface area contributed by atoms with Crippen LogP contribution in [0.5, 0.6) is 0 Å². The minimum absolute atomic E-state index is 0.214. The van der Waals surface area contributed by atoms with Gasteiger partial charge < -0.3 is 0 Å². The van der Waals surface area contributed by atoms with Gasteiger partial charge in [-0.1, -0.05) is 0 Å². The van der Waals surface area contributed by atoms with Gasteiger partial charge in [-0.3, -0.25) is 0 Å². The molecule has 0 atom stereocenters. The highest BCUT2D eigenvalue weighted by molar-refractivity contribution is 9.10. The fourth-order valence-electron chi connectivity index (χ4n) is 1.82. The van der Waals surface area contributed by atoms with Crippen LogP contribution in [0, 0.1) is 6.92 Å². The maximum absolute atomic E-state index is 12.7. The molecule has 0 unspecified atom stereocenters. The van der Waals surface area contributed by atoms with Crippen molar-refractivity contribution < 1.29 is 8.42 Å². The first-order valence-corrected chi connectivity index (χ1v) is 10.2. The van der Waals surface area contributed by atoms with Crippen molar-refractivity contribution >= 4 is 60.2 Å². The highest BCUT2D eigenvalue weighted by Gasteiger charge is 2.27. The van der Waals surface area contributed by atoms with Crippen LogP contribution in [-0.2, 0) is 22.4 Å². The Morgan fingerprint density at radius 2 is 2.05 bits per heavy atom. The smallest absolute Gasteiger partial charge is 0.207 e. The molecule has 0 aromatic carbocycles. The van der Waals surface area contributed by atoms with Crippen LogP contribution in [-0.4, -0.2) is 19.8 Å². The largest absolute Gasteiger partial charge is 0.244 e. The Bertz CT molecular complexity index is 708. The molecular weight excluding hydrogens is 402 g/mol. The Morgan fingerprint density at radius 1 is 1.35 bits per heavy atom. The normalized spacial score (nSPS) is 12.2. The van der Waals surface area contributed by atoms with Crippen LogP contribution in [0.2, 0.25) is 0 Å². The molecule has 2 aromatic rings. The molecule has 2 heterocycles.